The number of hydrogen-bond acceptors (Lipinski definition) is 3. The molecule has 0 saturated carbocycles. The molecule has 5 nitrogen and oxygen atoms in total. The van der Waals surface area contributed by atoms with Gasteiger partial charge in [-0.25, -0.2) is 0 Å². The predicted molar refractivity (Wildman–Crippen MR) is 52.5 cm³/mol. The van der Waals surface area contributed by atoms with Crippen molar-refractivity contribution in [3.63, 3.8) is 0 Å². The van der Waals surface area contributed by atoms with Crippen molar-refractivity contribution in [3.8, 4) is 0 Å². The van der Waals surface area contributed by atoms with E-state index >= 15 is 0 Å². The summed E-state index contributed by atoms with van der Waals surface area (Å²) >= 11 is 0. The van der Waals surface area contributed by atoms with Gasteiger partial charge in [-0.2, -0.15) is 0 Å². The average molecular weight is 211 g/mol. The predicted octanol–water partition coefficient (Wildman–Crippen LogP) is 1.26. The summed E-state index contributed by atoms with van der Waals surface area (Å²) in [6.45, 7) is 0.483. The second-order valence-electron chi connectivity index (χ2n) is 3.12. The minimum absolute atomic E-state index is 0.140. The van der Waals surface area contributed by atoms with Gasteiger partial charge in [-0.1, -0.05) is 0 Å². The molecule has 1 aromatic heterocycles. The summed E-state index contributed by atoms with van der Waals surface area (Å²) in [5.74, 6) is -1.00. The molecule has 1 heterocycles. The zero-order valence-corrected chi connectivity index (χ0v) is 8.23. The Morgan fingerprint density at radius 1 is 1.40 bits per heavy atom. The van der Waals surface area contributed by atoms with Crippen molar-refractivity contribution in [1.29, 1.82) is 0 Å². The number of hydrogen-bond donors (Lipinski definition) is 2. The van der Waals surface area contributed by atoms with E-state index in [2.05, 4.69) is 5.32 Å². The Morgan fingerprint density at radius 2 is 2.20 bits per heavy atom. The van der Waals surface area contributed by atoms with Crippen LogP contribution in [0.3, 0.4) is 0 Å². The number of carbonyl (C=O) groups is 2. The molecule has 0 fully saturated rings. The lowest BCUT2D eigenvalue weighted by atomic mass is 10.2. The van der Waals surface area contributed by atoms with E-state index in [1.54, 1.807) is 6.07 Å². The topological polar surface area (TPSA) is 79.5 Å². The number of furan rings is 1. The van der Waals surface area contributed by atoms with Gasteiger partial charge in [-0.15, -0.1) is 0 Å². The van der Waals surface area contributed by atoms with Crippen molar-refractivity contribution < 1.29 is 19.1 Å². The number of carbonyl (C=O) groups excluding carboxylic acids is 1. The highest BCUT2D eigenvalue weighted by Gasteiger charge is 2.05. The lowest BCUT2D eigenvalue weighted by molar-refractivity contribution is -0.137. The standard InChI is InChI=1S/C10H13NO4/c12-9(13)3-1-2-5-11-10(14)8-4-6-15-7-8/h4,6-7H,1-3,5H2,(H,11,14)(H,12,13). The van der Waals surface area contributed by atoms with Crippen LogP contribution < -0.4 is 5.32 Å². The molecule has 2 N–H and O–H groups in total. The van der Waals surface area contributed by atoms with Crippen molar-refractivity contribution in [1.82, 2.24) is 5.32 Å². The Balaban J connectivity index is 2.10. The van der Waals surface area contributed by atoms with Crippen LogP contribution in [0.5, 0.6) is 0 Å². The molecule has 0 aromatic carbocycles. The largest absolute Gasteiger partial charge is 0.481 e. The van der Waals surface area contributed by atoms with E-state index in [9.17, 15) is 9.59 Å². The summed E-state index contributed by atoms with van der Waals surface area (Å²) in [4.78, 5) is 21.5. The molecular formula is C10H13NO4. The minimum atomic E-state index is -0.809. The summed E-state index contributed by atoms with van der Waals surface area (Å²) < 4.78 is 4.76. The highest BCUT2D eigenvalue weighted by Crippen LogP contribution is 1.99. The van der Waals surface area contributed by atoms with Crippen LogP contribution in [0.25, 0.3) is 0 Å². The van der Waals surface area contributed by atoms with Crippen LogP contribution >= 0.6 is 0 Å². The first-order chi connectivity index (χ1) is 7.20. The van der Waals surface area contributed by atoms with Gasteiger partial charge in [0.05, 0.1) is 11.8 Å². The quantitative estimate of drug-likeness (QED) is 0.694. The molecule has 0 unspecified atom stereocenters. The maximum absolute atomic E-state index is 11.3. The molecule has 0 aliphatic heterocycles. The van der Waals surface area contributed by atoms with Crippen LogP contribution in [0.4, 0.5) is 0 Å². The molecule has 1 amide bonds. The zero-order valence-electron chi connectivity index (χ0n) is 8.23. The van der Waals surface area contributed by atoms with Gasteiger partial charge in [0.15, 0.2) is 0 Å². The molecule has 0 aliphatic rings. The Morgan fingerprint density at radius 3 is 2.80 bits per heavy atom. The third-order valence-corrected chi connectivity index (χ3v) is 1.89. The molecule has 5 heteroatoms. The Kier molecular flexibility index (Phi) is 4.40. The molecule has 0 spiro atoms. The van der Waals surface area contributed by atoms with Crippen LogP contribution in [0.1, 0.15) is 29.6 Å². The third-order valence-electron chi connectivity index (χ3n) is 1.89. The maximum atomic E-state index is 11.3. The first-order valence-electron chi connectivity index (χ1n) is 4.72. The molecule has 0 bridgehead atoms. The smallest absolute Gasteiger partial charge is 0.303 e. The minimum Gasteiger partial charge on any atom is -0.481 e. The Labute approximate surface area is 87.1 Å². The number of carboxylic acids is 1. The fourth-order valence-corrected chi connectivity index (χ4v) is 1.10. The monoisotopic (exact) mass is 211 g/mol. The first kappa shape index (κ1) is 11.3. The normalized spacial score (nSPS) is 9.87. The molecule has 15 heavy (non-hydrogen) atoms. The van der Waals surface area contributed by atoms with E-state index in [0.29, 0.717) is 24.9 Å². The molecule has 0 radical (unpaired) electrons. The molecule has 1 rings (SSSR count). The number of nitrogens with one attached hydrogen (secondary N) is 1. The Bertz CT molecular complexity index is 318. The molecule has 82 valence electrons. The molecule has 1 aromatic rings. The summed E-state index contributed by atoms with van der Waals surface area (Å²) in [5, 5.41) is 11.0. The van der Waals surface area contributed by atoms with Crippen molar-refractivity contribution in [2.45, 2.75) is 19.3 Å². The van der Waals surface area contributed by atoms with E-state index in [0.717, 1.165) is 0 Å². The van der Waals surface area contributed by atoms with Crippen molar-refractivity contribution in [2.75, 3.05) is 6.54 Å². The van der Waals surface area contributed by atoms with Crippen LogP contribution in [-0.2, 0) is 4.79 Å². The van der Waals surface area contributed by atoms with E-state index in [4.69, 9.17) is 9.52 Å². The van der Waals surface area contributed by atoms with E-state index in [1.807, 2.05) is 0 Å². The Hall–Kier alpha value is -1.78. The fraction of sp³-hybridized carbons (Fsp3) is 0.400. The van der Waals surface area contributed by atoms with Crippen molar-refractivity contribution in [2.24, 2.45) is 0 Å². The van der Waals surface area contributed by atoms with Crippen molar-refractivity contribution >= 4 is 11.9 Å². The first-order valence-corrected chi connectivity index (χ1v) is 4.72. The zero-order chi connectivity index (χ0) is 11.1. The fourth-order valence-electron chi connectivity index (χ4n) is 1.10. The van der Waals surface area contributed by atoms with Gasteiger partial charge >= 0.3 is 5.97 Å². The number of carboxylic acid groups (broad SMARTS) is 1. The highest BCUT2D eigenvalue weighted by molar-refractivity contribution is 5.93. The lowest BCUT2D eigenvalue weighted by Gasteiger charge is -2.01. The summed E-state index contributed by atoms with van der Waals surface area (Å²) in [5.41, 5.74) is 0.480. The van der Waals surface area contributed by atoms with E-state index in [-0.39, 0.29) is 12.3 Å². The summed E-state index contributed by atoms with van der Waals surface area (Å²) in [6.07, 6.45) is 4.17. The van der Waals surface area contributed by atoms with Crippen LogP contribution in [0, 0.1) is 0 Å². The molecule has 0 aliphatic carbocycles. The number of amides is 1. The van der Waals surface area contributed by atoms with Gasteiger partial charge in [0, 0.05) is 13.0 Å². The molecular weight excluding hydrogens is 198 g/mol. The lowest BCUT2D eigenvalue weighted by Crippen LogP contribution is -2.23. The van der Waals surface area contributed by atoms with E-state index in [1.165, 1.54) is 12.5 Å². The number of aliphatic carboxylic acids is 1. The second kappa shape index (κ2) is 5.85. The molecule has 0 saturated heterocycles. The van der Waals surface area contributed by atoms with Crippen LogP contribution in [-0.4, -0.2) is 23.5 Å². The van der Waals surface area contributed by atoms with Gasteiger partial charge in [0.1, 0.15) is 6.26 Å². The number of rotatable bonds is 6. The van der Waals surface area contributed by atoms with Crippen LogP contribution in [0.15, 0.2) is 23.0 Å². The SMILES string of the molecule is O=C(O)CCCCNC(=O)c1ccoc1. The van der Waals surface area contributed by atoms with Crippen molar-refractivity contribution in [3.05, 3.63) is 24.2 Å². The summed E-state index contributed by atoms with van der Waals surface area (Å²) in [6, 6.07) is 1.58. The average Bonchev–Trinajstić information content (AvgIpc) is 2.69. The van der Waals surface area contributed by atoms with Gasteiger partial charge in [-0.3, -0.25) is 9.59 Å². The number of unbranched alkanes of at least 4 members (excludes halogenated alkanes) is 1. The van der Waals surface area contributed by atoms with Gasteiger partial charge < -0.3 is 14.8 Å². The van der Waals surface area contributed by atoms with E-state index < -0.39 is 5.97 Å². The summed E-state index contributed by atoms with van der Waals surface area (Å²) in [7, 11) is 0. The van der Waals surface area contributed by atoms with Gasteiger partial charge in [0.25, 0.3) is 5.91 Å². The second-order valence-corrected chi connectivity index (χ2v) is 3.12. The third kappa shape index (κ3) is 4.30. The molecule has 0 atom stereocenters. The van der Waals surface area contributed by atoms with Gasteiger partial charge in [0.2, 0.25) is 0 Å². The highest BCUT2D eigenvalue weighted by atomic mass is 16.4. The van der Waals surface area contributed by atoms with Gasteiger partial charge in [-0.05, 0) is 18.9 Å². The van der Waals surface area contributed by atoms with Crippen LogP contribution in [0.2, 0.25) is 0 Å². The maximum Gasteiger partial charge on any atom is 0.303 e.